The Morgan fingerprint density at radius 2 is 1.67 bits per heavy atom. The number of carbonyl (C=O) groups excluding carboxylic acids is 1. The monoisotopic (exact) mass is 512 g/mol. The topological polar surface area (TPSA) is 44.9 Å². The van der Waals surface area contributed by atoms with E-state index in [1.54, 1.807) is 0 Å². The first kappa shape index (κ1) is 29.9. The minimum absolute atomic E-state index is 0.151. The van der Waals surface area contributed by atoms with Crippen LogP contribution in [0.25, 0.3) is 10.9 Å². The summed E-state index contributed by atoms with van der Waals surface area (Å²) in [5, 5.41) is 4.58. The molecule has 1 amide bonds. The van der Waals surface area contributed by atoms with Gasteiger partial charge in [0, 0.05) is 33.1 Å². The van der Waals surface area contributed by atoms with Crippen LogP contribution in [0, 0.1) is 17.8 Å². The third-order valence-corrected chi connectivity index (χ3v) is 7.24. The highest BCUT2D eigenvalue weighted by Crippen LogP contribution is 2.35. The van der Waals surface area contributed by atoms with E-state index >= 15 is 0 Å². The molecule has 1 aliphatic rings. The number of aromatic nitrogens is 1. The van der Waals surface area contributed by atoms with Crippen LogP contribution < -0.4 is 5.32 Å². The summed E-state index contributed by atoms with van der Waals surface area (Å²) in [7, 11) is 4.67. The summed E-state index contributed by atoms with van der Waals surface area (Å²) >= 11 is 6.05. The number of halogens is 1. The van der Waals surface area contributed by atoms with Gasteiger partial charge in [0.05, 0.1) is 20.6 Å². The van der Waals surface area contributed by atoms with E-state index in [4.69, 9.17) is 11.6 Å². The number of quaternary nitrogens is 1. The first-order valence-corrected chi connectivity index (χ1v) is 14.1. The second-order valence-electron chi connectivity index (χ2n) is 10.5. The van der Waals surface area contributed by atoms with Gasteiger partial charge in [0.1, 0.15) is 12.2 Å². The zero-order valence-corrected chi connectivity index (χ0v) is 24.4. The molecule has 36 heavy (non-hydrogen) atoms. The highest BCUT2D eigenvalue weighted by molar-refractivity contribution is 6.31. The third kappa shape index (κ3) is 8.38. The van der Waals surface area contributed by atoms with Crippen molar-refractivity contribution in [1.29, 1.82) is 0 Å². The maximum Gasteiger partial charge on any atom is 0.272 e. The van der Waals surface area contributed by atoms with Gasteiger partial charge < -0.3 is 14.8 Å². The van der Waals surface area contributed by atoms with E-state index in [0.29, 0.717) is 10.7 Å². The molecule has 3 unspecified atom stereocenters. The number of amides is 1. The number of benzene rings is 2. The number of rotatable bonds is 6. The number of nitrogens with zero attached hydrogens (tertiary/aromatic N) is 1. The van der Waals surface area contributed by atoms with Crippen LogP contribution in [-0.2, 0) is 6.54 Å². The van der Waals surface area contributed by atoms with Crippen molar-refractivity contribution in [2.75, 3.05) is 26.0 Å². The normalized spacial score (nSPS) is 19.5. The SMILES string of the molecule is CC.CC.CC1CCC(C)C(C[N+](C)(C)Cc2ccc(NC(=O)c3cc4cc(Cl)ccc4[nH]3)cc2)C1. The lowest BCUT2D eigenvalue weighted by Crippen LogP contribution is -2.45. The molecule has 2 aromatic carbocycles. The van der Waals surface area contributed by atoms with Gasteiger partial charge in [-0.05, 0) is 61.1 Å². The van der Waals surface area contributed by atoms with Crippen LogP contribution in [0.5, 0.6) is 0 Å². The van der Waals surface area contributed by atoms with Crippen LogP contribution in [-0.4, -0.2) is 36.0 Å². The van der Waals surface area contributed by atoms with E-state index in [2.05, 4.69) is 50.4 Å². The standard InChI is InChI=1S/C27H34ClN3O.2C2H6/c1-18-5-6-19(2)22(13-18)17-31(3,4)16-20-7-10-24(11-8-20)29-27(32)26-15-21-14-23(28)9-12-25(21)30-26;2*1-2/h7-12,14-15,18-19,22H,5-6,13,16-17H2,1-4H3,(H-,29,30,32);2*1-2H3/p+1. The molecule has 4 rings (SSSR count). The first-order valence-electron chi connectivity index (χ1n) is 13.7. The molecular weight excluding hydrogens is 466 g/mol. The quantitative estimate of drug-likeness (QED) is 0.318. The van der Waals surface area contributed by atoms with E-state index in [1.165, 1.54) is 31.4 Å². The molecule has 0 saturated heterocycles. The minimum Gasteiger partial charge on any atom is -0.351 e. The van der Waals surface area contributed by atoms with Crippen LogP contribution in [0.1, 0.15) is 76.9 Å². The summed E-state index contributed by atoms with van der Waals surface area (Å²) < 4.78 is 0.991. The first-order chi connectivity index (χ1) is 17.2. The predicted octanol–water partition coefficient (Wildman–Crippen LogP) is 8.77. The second kappa shape index (κ2) is 13.9. The summed E-state index contributed by atoms with van der Waals surface area (Å²) in [6.07, 6.45) is 4.10. The molecule has 1 heterocycles. The average molecular weight is 513 g/mol. The van der Waals surface area contributed by atoms with Crippen molar-refractivity contribution in [3.05, 3.63) is 64.8 Å². The Hall–Kier alpha value is -2.30. The van der Waals surface area contributed by atoms with Gasteiger partial charge in [0.2, 0.25) is 0 Å². The van der Waals surface area contributed by atoms with Crippen molar-refractivity contribution in [2.45, 2.75) is 67.3 Å². The molecular formula is C31H47ClN3O+. The molecule has 3 atom stereocenters. The number of anilines is 1. The van der Waals surface area contributed by atoms with Gasteiger partial charge in [0.25, 0.3) is 5.91 Å². The third-order valence-electron chi connectivity index (χ3n) is 7.00. The lowest BCUT2D eigenvalue weighted by atomic mass is 9.75. The van der Waals surface area contributed by atoms with Crippen molar-refractivity contribution in [1.82, 2.24) is 4.98 Å². The summed E-state index contributed by atoms with van der Waals surface area (Å²) in [4.78, 5) is 15.8. The Bertz CT molecular complexity index is 1090. The molecule has 1 saturated carbocycles. The van der Waals surface area contributed by atoms with Crippen LogP contribution in [0.3, 0.4) is 0 Å². The number of nitrogens with one attached hydrogen (secondary N) is 2. The summed E-state index contributed by atoms with van der Waals surface area (Å²) in [5.41, 5.74) is 3.52. The van der Waals surface area contributed by atoms with Crippen molar-refractivity contribution < 1.29 is 9.28 Å². The summed E-state index contributed by atoms with van der Waals surface area (Å²) in [6.45, 7) is 15.0. The van der Waals surface area contributed by atoms with Gasteiger partial charge in [-0.3, -0.25) is 4.79 Å². The molecule has 1 fully saturated rings. The van der Waals surface area contributed by atoms with Crippen LogP contribution in [0.4, 0.5) is 5.69 Å². The Balaban J connectivity index is 0.00000109. The molecule has 1 aromatic heterocycles. The van der Waals surface area contributed by atoms with E-state index in [1.807, 2.05) is 64.1 Å². The number of H-pyrrole nitrogens is 1. The number of fused-ring (bicyclic) bond motifs is 1. The molecule has 2 N–H and O–H groups in total. The lowest BCUT2D eigenvalue weighted by molar-refractivity contribution is -0.907. The van der Waals surface area contributed by atoms with E-state index in [0.717, 1.165) is 45.4 Å². The van der Waals surface area contributed by atoms with E-state index in [9.17, 15) is 4.79 Å². The van der Waals surface area contributed by atoms with E-state index in [-0.39, 0.29) is 5.91 Å². The maximum absolute atomic E-state index is 12.7. The minimum atomic E-state index is -0.151. The molecule has 3 aromatic rings. The zero-order chi connectivity index (χ0) is 26.9. The fourth-order valence-corrected chi connectivity index (χ4v) is 5.40. The van der Waals surface area contributed by atoms with Gasteiger partial charge in [-0.2, -0.15) is 0 Å². The highest BCUT2D eigenvalue weighted by atomic mass is 35.5. The molecule has 0 radical (unpaired) electrons. The molecule has 4 nitrogen and oxygen atoms in total. The predicted molar refractivity (Wildman–Crippen MR) is 157 cm³/mol. The molecule has 198 valence electrons. The number of hydrogen-bond acceptors (Lipinski definition) is 1. The summed E-state index contributed by atoms with van der Waals surface area (Å²) in [5.74, 6) is 2.33. The zero-order valence-electron chi connectivity index (χ0n) is 23.6. The van der Waals surface area contributed by atoms with Gasteiger partial charge in [0.15, 0.2) is 0 Å². The smallest absolute Gasteiger partial charge is 0.272 e. The summed E-state index contributed by atoms with van der Waals surface area (Å²) in [6, 6.07) is 15.6. The Labute approximate surface area is 224 Å². The number of hydrogen-bond donors (Lipinski definition) is 2. The Morgan fingerprint density at radius 1 is 1.00 bits per heavy atom. The van der Waals surface area contributed by atoms with Gasteiger partial charge in [-0.15, -0.1) is 0 Å². The molecule has 5 heteroatoms. The largest absolute Gasteiger partial charge is 0.351 e. The second-order valence-corrected chi connectivity index (χ2v) is 10.9. The maximum atomic E-state index is 12.7. The van der Waals surface area contributed by atoms with Gasteiger partial charge >= 0.3 is 0 Å². The van der Waals surface area contributed by atoms with Crippen molar-refractivity contribution in [3.63, 3.8) is 0 Å². The average Bonchev–Trinajstić information content (AvgIpc) is 3.28. The van der Waals surface area contributed by atoms with Crippen LogP contribution in [0.15, 0.2) is 48.5 Å². The van der Waals surface area contributed by atoms with Crippen LogP contribution >= 0.6 is 11.6 Å². The van der Waals surface area contributed by atoms with Crippen molar-refractivity contribution in [2.24, 2.45) is 17.8 Å². The number of aromatic amines is 1. The van der Waals surface area contributed by atoms with Gasteiger partial charge in [-0.25, -0.2) is 0 Å². The molecule has 1 aliphatic carbocycles. The molecule has 0 spiro atoms. The number of carbonyl (C=O) groups is 1. The Kier molecular flexibility index (Phi) is 11.5. The fourth-order valence-electron chi connectivity index (χ4n) is 5.22. The van der Waals surface area contributed by atoms with E-state index < -0.39 is 0 Å². The Morgan fingerprint density at radius 3 is 2.33 bits per heavy atom. The van der Waals surface area contributed by atoms with Crippen LogP contribution in [0.2, 0.25) is 5.02 Å². The van der Waals surface area contributed by atoms with Crippen molar-refractivity contribution in [3.8, 4) is 0 Å². The fraction of sp³-hybridized carbons (Fsp3) is 0.516. The highest BCUT2D eigenvalue weighted by Gasteiger charge is 2.31. The lowest BCUT2D eigenvalue weighted by Gasteiger charge is -2.39. The van der Waals surface area contributed by atoms with Gasteiger partial charge in [-0.1, -0.05) is 71.7 Å². The van der Waals surface area contributed by atoms with Crippen molar-refractivity contribution >= 4 is 34.1 Å². The molecule has 0 aliphatic heterocycles. The molecule has 0 bridgehead atoms.